The van der Waals surface area contributed by atoms with Gasteiger partial charge in [-0.2, -0.15) is 0 Å². The summed E-state index contributed by atoms with van der Waals surface area (Å²) in [5.74, 6) is 1.46. The average Bonchev–Trinajstić information content (AvgIpc) is 3.12. The Morgan fingerprint density at radius 1 is 1.17 bits per heavy atom. The molecule has 2 fully saturated rings. The Hall–Kier alpha value is -0.570. The fraction of sp³-hybridized carbons (Fsp3) is 0.933. The molecule has 0 bridgehead atoms. The summed E-state index contributed by atoms with van der Waals surface area (Å²) in [6.45, 7) is 8.16. The lowest BCUT2D eigenvalue weighted by atomic mass is 10.0. The fourth-order valence-corrected chi connectivity index (χ4v) is 2.96. The molecule has 0 aromatic heterocycles. The van der Waals surface area contributed by atoms with Gasteiger partial charge in [-0.1, -0.05) is 26.7 Å². The van der Waals surface area contributed by atoms with Gasteiger partial charge in [0.1, 0.15) is 0 Å². The molecule has 0 aromatic rings. The van der Waals surface area contributed by atoms with Crippen molar-refractivity contribution in [2.45, 2.75) is 65.0 Å². The van der Waals surface area contributed by atoms with Crippen LogP contribution < -0.4 is 5.32 Å². The maximum atomic E-state index is 11.9. The van der Waals surface area contributed by atoms with Crippen molar-refractivity contribution in [3.63, 3.8) is 0 Å². The van der Waals surface area contributed by atoms with Crippen molar-refractivity contribution in [2.24, 2.45) is 11.8 Å². The van der Waals surface area contributed by atoms with E-state index in [0.29, 0.717) is 18.0 Å². The summed E-state index contributed by atoms with van der Waals surface area (Å²) in [5.41, 5.74) is 0. The highest BCUT2D eigenvalue weighted by atomic mass is 16.2. The Morgan fingerprint density at radius 3 is 2.28 bits per heavy atom. The van der Waals surface area contributed by atoms with Crippen molar-refractivity contribution in [2.75, 3.05) is 13.1 Å². The smallest absolute Gasteiger partial charge is 0.225 e. The van der Waals surface area contributed by atoms with E-state index in [1.807, 2.05) is 18.7 Å². The molecule has 1 unspecified atom stereocenters. The fourth-order valence-electron chi connectivity index (χ4n) is 2.96. The molecule has 1 aliphatic carbocycles. The molecule has 2 aliphatic rings. The third kappa shape index (κ3) is 3.98. The second kappa shape index (κ2) is 6.05. The molecule has 1 saturated heterocycles. The van der Waals surface area contributed by atoms with Crippen LogP contribution in [0, 0.1) is 11.8 Å². The first-order chi connectivity index (χ1) is 8.56. The van der Waals surface area contributed by atoms with Gasteiger partial charge < -0.3 is 10.2 Å². The molecule has 0 aromatic carbocycles. The van der Waals surface area contributed by atoms with Crippen LogP contribution in [0.3, 0.4) is 0 Å². The van der Waals surface area contributed by atoms with Crippen LogP contribution >= 0.6 is 0 Å². The van der Waals surface area contributed by atoms with Crippen molar-refractivity contribution in [1.29, 1.82) is 0 Å². The van der Waals surface area contributed by atoms with Crippen LogP contribution in [0.15, 0.2) is 0 Å². The van der Waals surface area contributed by atoms with Gasteiger partial charge in [0.15, 0.2) is 0 Å². The van der Waals surface area contributed by atoms with Crippen molar-refractivity contribution < 1.29 is 4.79 Å². The van der Waals surface area contributed by atoms with Crippen LogP contribution in [0.4, 0.5) is 0 Å². The first-order valence-electron chi connectivity index (χ1n) is 7.61. The van der Waals surface area contributed by atoms with E-state index in [1.54, 1.807) is 0 Å². The number of rotatable bonds is 5. The molecule has 2 rings (SSSR count). The zero-order chi connectivity index (χ0) is 13.1. The summed E-state index contributed by atoms with van der Waals surface area (Å²) in [7, 11) is 0. The standard InChI is InChI=1S/C15H28N2O/c1-11(2)15(18)17-8-6-14(7-9-17)16-12(3)10-13-4-5-13/h11-14,16H,4-10H2,1-3H3. The maximum Gasteiger partial charge on any atom is 0.225 e. The van der Waals surface area contributed by atoms with Crippen molar-refractivity contribution in [1.82, 2.24) is 10.2 Å². The quantitative estimate of drug-likeness (QED) is 0.815. The Balaban J connectivity index is 1.67. The third-order valence-corrected chi connectivity index (χ3v) is 4.20. The van der Waals surface area contributed by atoms with E-state index in [2.05, 4.69) is 12.2 Å². The van der Waals surface area contributed by atoms with Gasteiger partial charge in [0.05, 0.1) is 0 Å². The van der Waals surface area contributed by atoms with E-state index in [1.165, 1.54) is 19.3 Å². The van der Waals surface area contributed by atoms with Gasteiger partial charge in [0, 0.05) is 31.1 Å². The second-order valence-corrected chi connectivity index (χ2v) is 6.50. The van der Waals surface area contributed by atoms with E-state index in [4.69, 9.17) is 0 Å². The molecule has 104 valence electrons. The van der Waals surface area contributed by atoms with Gasteiger partial charge in [0.2, 0.25) is 5.91 Å². The molecule has 3 heteroatoms. The summed E-state index contributed by atoms with van der Waals surface area (Å²) >= 11 is 0. The minimum absolute atomic E-state index is 0.142. The van der Waals surface area contributed by atoms with Crippen LogP contribution in [-0.4, -0.2) is 36.0 Å². The van der Waals surface area contributed by atoms with Crippen LogP contribution in [-0.2, 0) is 4.79 Å². The topological polar surface area (TPSA) is 32.3 Å². The normalized spacial score (nSPS) is 23.4. The van der Waals surface area contributed by atoms with Crippen LogP contribution in [0.2, 0.25) is 0 Å². The minimum Gasteiger partial charge on any atom is -0.342 e. The maximum absolute atomic E-state index is 11.9. The first-order valence-corrected chi connectivity index (χ1v) is 7.61. The number of hydrogen-bond donors (Lipinski definition) is 1. The number of carbonyl (C=O) groups excluding carboxylic acids is 1. The zero-order valence-electron chi connectivity index (χ0n) is 12.1. The molecule has 3 nitrogen and oxygen atoms in total. The Kier molecular flexibility index (Phi) is 4.66. The van der Waals surface area contributed by atoms with Crippen LogP contribution in [0.5, 0.6) is 0 Å². The Labute approximate surface area is 111 Å². The van der Waals surface area contributed by atoms with Crippen molar-refractivity contribution in [3.05, 3.63) is 0 Å². The number of nitrogens with one attached hydrogen (secondary N) is 1. The number of amides is 1. The molecule has 0 radical (unpaired) electrons. The SMILES string of the molecule is CC(CC1CC1)NC1CCN(C(=O)C(C)C)CC1. The van der Waals surface area contributed by atoms with E-state index >= 15 is 0 Å². The highest BCUT2D eigenvalue weighted by Gasteiger charge is 2.27. The highest BCUT2D eigenvalue weighted by molar-refractivity contribution is 5.78. The molecule has 1 saturated carbocycles. The number of carbonyl (C=O) groups is 1. The van der Waals surface area contributed by atoms with Gasteiger partial charge in [0.25, 0.3) is 0 Å². The minimum atomic E-state index is 0.142. The largest absolute Gasteiger partial charge is 0.342 e. The summed E-state index contributed by atoms with van der Waals surface area (Å²) in [6, 6.07) is 1.27. The Morgan fingerprint density at radius 2 is 1.78 bits per heavy atom. The van der Waals surface area contributed by atoms with Gasteiger partial charge in [-0.05, 0) is 32.1 Å². The van der Waals surface area contributed by atoms with E-state index in [9.17, 15) is 4.79 Å². The lowest BCUT2D eigenvalue weighted by molar-refractivity contribution is -0.135. The molecular weight excluding hydrogens is 224 g/mol. The van der Waals surface area contributed by atoms with Crippen LogP contribution in [0.25, 0.3) is 0 Å². The molecular formula is C15H28N2O. The van der Waals surface area contributed by atoms with Crippen molar-refractivity contribution in [3.8, 4) is 0 Å². The number of piperidine rings is 1. The summed E-state index contributed by atoms with van der Waals surface area (Å²) in [6.07, 6.45) is 6.45. The lowest BCUT2D eigenvalue weighted by Gasteiger charge is -2.35. The lowest BCUT2D eigenvalue weighted by Crippen LogP contribution is -2.48. The predicted octanol–water partition coefficient (Wildman–Crippen LogP) is 2.41. The first kappa shape index (κ1) is 13.9. The predicted molar refractivity (Wildman–Crippen MR) is 74.4 cm³/mol. The monoisotopic (exact) mass is 252 g/mol. The Bertz CT molecular complexity index is 278. The molecule has 1 amide bonds. The van der Waals surface area contributed by atoms with E-state index in [0.717, 1.165) is 31.8 Å². The molecule has 18 heavy (non-hydrogen) atoms. The van der Waals surface area contributed by atoms with Crippen LogP contribution in [0.1, 0.15) is 52.9 Å². The highest BCUT2D eigenvalue weighted by Crippen LogP contribution is 2.33. The van der Waals surface area contributed by atoms with E-state index in [-0.39, 0.29) is 5.92 Å². The number of nitrogens with zero attached hydrogens (tertiary/aromatic N) is 1. The summed E-state index contributed by atoms with van der Waals surface area (Å²) in [5, 5.41) is 3.74. The van der Waals surface area contributed by atoms with Gasteiger partial charge in [-0.15, -0.1) is 0 Å². The molecule has 0 spiro atoms. The zero-order valence-corrected chi connectivity index (χ0v) is 12.1. The average molecular weight is 252 g/mol. The van der Waals surface area contributed by atoms with E-state index < -0.39 is 0 Å². The van der Waals surface area contributed by atoms with Gasteiger partial charge in [-0.25, -0.2) is 0 Å². The third-order valence-electron chi connectivity index (χ3n) is 4.20. The number of likely N-dealkylation sites (tertiary alicyclic amines) is 1. The van der Waals surface area contributed by atoms with Gasteiger partial charge in [-0.3, -0.25) is 4.79 Å². The molecule has 1 atom stereocenters. The molecule has 1 N–H and O–H groups in total. The molecule has 1 aliphatic heterocycles. The molecule has 1 heterocycles. The van der Waals surface area contributed by atoms with Crippen molar-refractivity contribution >= 4 is 5.91 Å². The number of hydrogen-bond acceptors (Lipinski definition) is 2. The van der Waals surface area contributed by atoms with Gasteiger partial charge >= 0.3 is 0 Å². The summed E-state index contributed by atoms with van der Waals surface area (Å²) in [4.78, 5) is 13.9. The second-order valence-electron chi connectivity index (χ2n) is 6.50. The summed E-state index contributed by atoms with van der Waals surface area (Å²) < 4.78 is 0.